The second-order valence-corrected chi connectivity index (χ2v) is 6.86. The minimum atomic E-state index is -0.607. The Morgan fingerprint density at radius 2 is 1.28 bits per heavy atom. The number of benzene rings is 2. The lowest BCUT2D eigenvalue weighted by Crippen LogP contribution is -2.16. The third-order valence-electron chi connectivity index (χ3n) is 4.59. The predicted octanol–water partition coefficient (Wildman–Crippen LogP) is 4.02. The fourth-order valence-corrected chi connectivity index (χ4v) is 2.83. The molecule has 0 aliphatic rings. The Labute approximate surface area is 181 Å². The lowest BCUT2D eigenvalue weighted by atomic mass is 10.1. The summed E-state index contributed by atoms with van der Waals surface area (Å²) in [6, 6.07) is 11.3. The van der Waals surface area contributed by atoms with Gasteiger partial charge in [-0.2, -0.15) is 0 Å². The van der Waals surface area contributed by atoms with Crippen LogP contribution < -0.4 is 10.6 Å². The summed E-state index contributed by atoms with van der Waals surface area (Å²) in [5, 5.41) is 27.1. The molecule has 0 aliphatic carbocycles. The molecule has 1 aromatic heterocycles. The van der Waals surface area contributed by atoms with Crippen LogP contribution in [0.1, 0.15) is 32.0 Å². The molecule has 0 fully saturated rings. The van der Waals surface area contributed by atoms with Crippen LogP contribution in [-0.2, 0) is 0 Å². The van der Waals surface area contributed by atoms with Crippen LogP contribution >= 0.6 is 0 Å². The summed E-state index contributed by atoms with van der Waals surface area (Å²) in [5.74, 6) is -1.17. The van der Waals surface area contributed by atoms with Crippen molar-refractivity contribution in [1.29, 1.82) is 0 Å². The van der Waals surface area contributed by atoms with Gasteiger partial charge in [0.05, 0.1) is 15.4 Å². The highest BCUT2D eigenvalue weighted by atomic mass is 16.6. The van der Waals surface area contributed by atoms with Gasteiger partial charge in [0.2, 0.25) is 0 Å². The number of anilines is 2. The van der Waals surface area contributed by atoms with Gasteiger partial charge in [0.1, 0.15) is 5.69 Å². The molecule has 32 heavy (non-hydrogen) atoms. The van der Waals surface area contributed by atoms with Crippen molar-refractivity contribution >= 4 is 34.6 Å². The second-order valence-electron chi connectivity index (χ2n) is 6.86. The fraction of sp³-hybridized carbons (Fsp3) is 0.0952. The van der Waals surface area contributed by atoms with E-state index in [2.05, 4.69) is 15.6 Å². The van der Waals surface area contributed by atoms with Gasteiger partial charge >= 0.3 is 0 Å². The molecule has 0 radical (unpaired) electrons. The lowest BCUT2D eigenvalue weighted by molar-refractivity contribution is -0.385. The van der Waals surface area contributed by atoms with Gasteiger partial charge in [0.15, 0.2) is 0 Å². The van der Waals surface area contributed by atoms with Crippen LogP contribution in [0.5, 0.6) is 0 Å². The maximum absolute atomic E-state index is 12.4. The Hall–Kier alpha value is -4.67. The normalized spacial score (nSPS) is 10.3. The first-order chi connectivity index (χ1) is 15.2. The number of rotatable bonds is 6. The lowest BCUT2D eigenvalue weighted by Gasteiger charge is -2.08. The second kappa shape index (κ2) is 9.00. The number of aryl methyl sites for hydroxylation is 2. The van der Waals surface area contributed by atoms with Crippen LogP contribution in [0, 0.1) is 34.1 Å². The predicted molar refractivity (Wildman–Crippen MR) is 116 cm³/mol. The van der Waals surface area contributed by atoms with Gasteiger partial charge in [0, 0.05) is 40.8 Å². The summed E-state index contributed by atoms with van der Waals surface area (Å²) in [6.45, 7) is 3.18. The first-order valence-electron chi connectivity index (χ1n) is 9.24. The first-order valence-corrected chi connectivity index (χ1v) is 9.24. The number of aromatic nitrogens is 1. The fourth-order valence-electron chi connectivity index (χ4n) is 2.83. The molecule has 2 N–H and O–H groups in total. The van der Waals surface area contributed by atoms with E-state index >= 15 is 0 Å². The zero-order valence-electron chi connectivity index (χ0n) is 17.0. The van der Waals surface area contributed by atoms with E-state index in [4.69, 9.17) is 0 Å². The Kier molecular flexibility index (Phi) is 6.19. The zero-order valence-corrected chi connectivity index (χ0v) is 17.0. The molecule has 0 saturated heterocycles. The molecule has 3 rings (SSSR count). The highest BCUT2D eigenvalue weighted by Gasteiger charge is 2.16. The molecule has 3 aromatic rings. The molecule has 2 amide bonds. The molecule has 2 aromatic carbocycles. The molecule has 1 heterocycles. The van der Waals surface area contributed by atoms with E-state index in [9.17, 15) is 29.8 Å². The number of carbonyl (C=O) groups excluding carboxylic acids is 2. The number of hydrogen-bond donors (Lipinski definition) is 2. The average molecular weight is 435 g/mol. The van der Waals surface area contributed by atoms with Crippen molar-refractivity contribution in [3.8, 4) is 0 Å². The summed E-state index contributed by atoms with van der Waals surface area (Å²) in [4.78, 5) is 49.7. The molecule has 0 bridgehead atoms. The van der Waals surface area contributed by atoms with Crippen molar-refractivity contribution in [3.63, 3.8) is 0 Å². The number of nitro benzene ring substituents is 2. The molecule has 0 spiro atoms. The summed E-state index contributed by atoms with van der Waals surface area (Å²) in [6.07, 6.45) is 1.18. The van der Waals surface area contributed by atoms with E-state index in [1.807, 2.05) is 0 Å². The molecule has 11 nitrogen and oxygen atoms in total. The van der Waals surface area contributed by atoms with Crippen molar-refractivity contribution in [3.05, 3.63) is 97.3 Å². The summed E-state index contributed by atoms with van der Waals surface area (Å²) < 4.78 is 0. The van der Waals surface area contributed by atoms with Crippen LogP contribution in [-0.4, -0.2) is 26.6 Å². The number of carbonyl (C=O) groups is 2. The third kappa shape index (κ3) is 4.90. The van der Waals surface area contributed by atoms with Crippen molar-refractivity contribution in [2.75, 3.05) is 10.6 Å². The molecule has 0 atom stereocenters. The van der Waals surface area contributed by atoms with Gasteiger partial charge in [-0.05, 0) is 38.1 Å². The van der Waals surface area contributed by atoms with Crippen molar-refractivity contribution in [2.45, 2.75) is 13.8 Å². The summed E-state index contributed by atoms with van der Waals surface area (Å²) >= 11 is 0. The Morgan fingerprint density at radius 1 is 0.781 bits per heavy atom. The van der Waals surface area contributed by atoms with E-state index in [0.717, 1.165) is 0 Å². The Balaban J connectivity index is 1.70. The Bertz CT molecular complexity index is 1140. The SMILES string of the molecule is Cc1ccc(NC(=O)c2ccc(C(=O)Nc3ccc(C)c([N+](=O)[O-])c3)nc2)cc1[N+](=O)[O-]. The number of nitro groups is 2. The van der Waals surface area contributed by atoms with Crippen LogP contribution in [0.4, 0.5) is 22.7 Å². The molecule has 0 aliphatic heterocycles. The number of hydrogen-bond acceptors (Lipinski definition) is 7. The third-order valence-corrected chi connectivity index (χ3v) is 4.59. The van der Waals surface area contributed by atoms with Crippen molar-refractivity contribution in [1.82, 2.24) is 4.98 Å². The number of pyridine rings is 1. The van der Waals surface area contributed by atoms with Crippen LogP contribution in [0.3, 0.4) is 0 Å². The van der Waals surface area contributed by atoms with Gasteiger partial charge in [-0.1, -0.05) is 12.1 Å². The number of nitrogens with zero attached hydrogens (tertiary/aromatic N) is 3. The highest BCUT2D eigenvalue weighted by molar-refractivity contribution is 6.06. The summed E-state index contributed by atoms with van der Waals surface area (Å²) in [5.41, 5.74) is 1.28. The first kappa shape index (κ1) is 22.0. The van der Waals surface area contributed by atoms with Crippen molar-refractivity contribution in [2.24, 2.45) is 0 Å². The van der Waals surface area contributed by atoms with Crippen molar-refractivity contribution < 1.29 is 19.4 Å². The van der Waals surface area contributed by atoms with Gasteiger partial charge in [-0.3, -0.25) is 34.8 Å². The van der Waals surface area contributed by atoms with Gasteiger partial charge in [0.25, 0.3) is 23.2 Å². The van der Waals surface area contributed by atoms with Gasteiger partial charge in [-0.25, -0.2) is 0 Å². The molecule has 11 heteroatoms. The minimum absolute atomic E-state index is 0.00393. The van der Waals surface area contributed by atoms with E-state index in [-0.39, 0.29) is 34.0 Å². The van der Waals surface area contributed by atoms with Gasteiger partial charge in [-0.15, -0.1) is 0 Å². The molecular formula is C21H17N5O6. The smallest absolute Gasteiger partial charge is 0.274 e. The standard InChI is InChI=1S/C21H17N5O6/c1-12-3-6-15(9-18(12)25(29)30)23-20(27)14-5-8-17(22-11-14)21(28)24-16-7-4-13(2)19(10-16)26(31)32/h3-11H,1-2H3,(H,23,27)(H,24,28). The molecular weight excluding hydrogens is 418 g/mol. The topological polar surface area (TPSA) is 157 Å². The summed E-state index contributed by atoms with van der Waals surface area (Å²) in [7, 11) is 0. The number of amides is 2. The number of nitrogens with one attached hydrogen (secondary N) is 2. The largest absolute Gasteiger partial charge is 0.322 e. The maximum Gasteiger partial charge on any atom is 0.274 e. The minimum Gasteiger partial charge on any atom is -0.322 e. The van der Waals surface area contributed by atoms with E-state index < -0.39 is 21.7 Å². The molecule has 0 saturated carbocycles. The van der Waals surface area contributed by atoms with Crippen LogP contribution in [0.15, 0.2) is 54.7 Å². The molecule has 0 unspecified atom stereocenters. The van der Waals surface area contributed by atoms with E-state index in [1.54, 1.807) is 13.8 Å². The van der Waals surface area contributed by atoms with E-state index in [1.165, 1.54) is 54.7 Å². The monoisotopic (exact) mass is 435 g/mol. The van der Waals surface area contributed by atoms with Crippen LogP contribution in [0.2, 0.25) is 0 Å². The maximum atomic E-state index is 12.4. The average Bonchev–Trinajstić information content (AvgIpc) is 2.76. The van der Waals surface area contributed by atoms with Crippen LogP contribution in [0.25, 0.3) is 0 Å². The highest BCUT2D eigenvalue weighted by Crippen LogP contribution is 2.24. The van der Waals surface area contributed by atoms with Gasteiger partial charge < -0.3 is 10.6 Å². The zero-order chi connectivity index (χ0) is 23.4. The van der Waals surface area contributed by atoms with E-state index in [0.29, 0.717) is 11.1 Å². The Morgan fingerprint density at radius 3 is 1.72 bits per heavy atom. The quantitative estimate of drug-likeness (QED) is 0.437. The molecule has 162 valence electrons.